The fraction of sp³-hybridized carbons (Fsp3) is 0.500. The van der Waals surface area contributed by atoms with Gasteiger partial charge in [-0.2, -0.15) is 0 Å². The molecule has 0 aliphatic rings. The van der Waals surface area contributed by atoms with Crippen molar-refractivity contribution >= 4 is 28.1 Å². The first-order valence-electron chi connectivity index (χ1n) is 8.87. The molecule has 0 aliphatic carbocycles. The number of hydrogen-bond donors (Lipinski definition) is 0. The summed E-state index contributed by atoms with van der Waals surface area (Å²) in [5.74, 6) is -2.53. The van der Waals surface area contributed by atoms with E-state index >= 15 is 0 Å². The Morgan fingerprint density at radius 1 is 0.846 bits per heavy atom. The van der Waals surface area contributed by atoms with Crippen molar-refractivity contribution in [3.05, 3.63) is 46.8 Å². The Hall–Kier alpha value is -1.67. The van der Waals surface area contributed by atoms with Crippen molar-refractivity contribution in [1.29, 1.82) is 0 Å². The summed E-state index contributed by atoms with van der Waals surface area (Å²) in [5, 5.41) is 0. The molecule has 0 radical (unpaired) electrons. The van der Waals surface area contributed by atoms with Crippen molar-refractivity contribution in [3.63, 3.8) is 0 Å². The normalized spacial score (nSPS) is 13.1. The molecule has 0 saturated carbocycles. The Balaban J connectivity index is 3.67. The molecule has 0 N–H and O–H groups in total. The molecule has 26 heavy (non-hydrogen) atoms. The number of allylic oxidation sites excluding steroid dienone is 1. The van der Waals surface area contributed by atoms with Gasteiger partial charge in [-0.15, -0.1) is 0 Å². The summed E-state index contributed by atoms with van der Waals surface area (Å²) in [4.78, 5) is 26.4. The SMILES string of the molecule is COC(=O)C(C(=O)OC)[C@H](C=C([Si](C)(C)C)[Si](C)(C)C)c1ccccc1. The molecule has 144 valence electrons. The molecule has 1 aromatic rings. The number of benzene rings is 1. The molecule has 6 heteroatoms. The van der Waals surface area contributed by atoms with Crippen molar-refractivity contribution in [2.75, 3.05) is 14.2 Å². The molecular weight excluding hydrogens is 360 g/mol. The topological polar surface area (TPSA) is 52.6 Å². The van der Waals surface area contributed by atoms with Crippen molar-refractivity contribution in [2.45, 2.75) is 45.2 Å². The third-order valence-electron chi connectivity index (χ3n) is 4.42. The molecule has 0 aromatic heterocycles. The monoisotopic (exact) mass is 392 g/mol. The van der Waals surface area contributed by atoms with Crippen molar-refractivity contribution in [2.24, 2.45) is 5.92 Å². The number of ether oxygens (including phenoxy) is 2. The lowest BCUT2D eigenvalue weighted by atomic mass is 9.86. The molecule has 1 aromatic carbocycles. The molecule has 0 spiro atoms. The van der Waals surface area contributed by atoms with Crippen LogP contribution in [-0.4, -0.2) is 42.3 Å². The van der Waals surface area contributed by atoms with Crippen LogP contribution in [0.5, 0.6) is 0 Å². The first-order valence-corrected chi connectivity index (χ1v) is 15.9. The van der Waals surface area contributed by atoms with E-state index in [0.29, 0.717) is 0 Å². The van der Waals surface area contributed by atoms with Crippen molar-refractivity contribution in [3.8, 4) is 0 Å². The maximum Gasteiger partial charge on any atom is 0.321 e. The number of esters is 2. The zero-order valence-electron chi connectivity index (χ0n) is 17.3. The highest BCUT2D eigenvalue weighted by molar-refractivity contribution is 7.04. The van der Waals surface area contributed by atoms with Crippen molar-refractivity contribution < 1.29 is 19.1 Å². The van der Waals surface area contributed by atoms with E-state index in [2.05, 4.69) is 45.4 Å². The summed E-state index contributed by atoms with van der Waals surface area (Å²) in [5.41, 5.74) is 0.919. The summed E-state index contributed by atoms with van der Waals surface area (Å²) in [7, 11) is -0.655. The average Bonchev–Trinajstić information content (AvgIpc) is 2.55. The lowest BCUT2D eigenvalue weighted by Crippen LogP contribution is -2.41. The fourth-order valence-corrected chi connectivity index (χ4v) is 13.9. The van der Waals surface area contributed by atoms with Gasteiger partial charge in [-0.3, -0.25) is 9.59 Å². The van der Waals surface area contributed by atoms with Gasteiger partial charge in [0.05, 0.1) is 30.4 Å². The van der Waals surface area contributed by atoms with Crippen LogP contribution in [-0.2, 0) is 19.1 Å². The predicted molar refractivity (Wildman–Crippen MR) is 111 cm³/mol. The van der Waals surface area contributed by atoms with E-state index in [1.165, 1.54) is 19.0 Å². The van der Waals surface area contributed by atoms with Gasteiger partial charge >= 0.3 is 11.9 Å². The Labute approximate surface area is 159 Å². The molecule has 1 atom stereocenters. The van der Waals surface area contributed by atoms with Crippen LogP contribution >= 0.6 is 0 Å². The number of methoxy groups -OCH3 is 2. The summed E-state index contributed by atoms with van der Waals surface area (Å²) in [6, 6.07) is 9.67. The molecule has 4 nitrogen and oxygen atoms in total. The van der Waals surface area contributed by atoms with E-state index in [-0.39, 0.29) is 0 Å². The van der Waals surface area contributed by atoms with E-state index in [1.54, 1.807) is 0 Å². The molecule has 0 fully saturated rings. The van der Waals surface area contributed by atoms with Crippen molar-refractivity contribution in [1.82, 2.24) is 0 Å². The van der Waals surface area contributed by atoms with Gasteiger partial charge in [-0.1, -0.05) is 80.5 Å². The van der Waals surface area contributed by atoms with Gasteiger partial charge in [-0.05, 0) is 5.56 Å². The number of carbonyl (C=O) groups excluding carboxylic acids is 2. The molecule has 0 unspecified atom stereocenters. The number of carbonyl (C=O) groups is 2. The van der Waals surface area contributed by atoms with Gasteiger partial charge in [0.1, 0.15) is 0 Å². The smallest absolute Gasteiger partial charge is 0.321 e. The quantitative estimate of drug-likeness (QED) is 0.392. The van der Waals surface area contributed by atoms with Gasteiger partial charge in [0, 0.05) is 5.92 Å². The minimum absolute atomic E-state index is 0.399. The van der Waals surface area contributed by atoms with E-state index in [9.17, 15) is 9.59 Å². The van der Waals surface area contributed by atoms with Crippen LogP contribution in [0.1, 0.15) is 11.5 Å². The molecule has 1 rings (SSSR count). The first kappa shape index (κ1) is 22.4. The first-order chi connectivity index (χ1) is 11.9. The van der Waals surface area contributed by atoms with Gasteiger partial charge in [0.15, 0.2) is 5.92 Å². The molecule has 0 amide bonds. The van der Waals surface area contributed by atoms with Crippen LogP contribution in [0.4, 0.5) is 0 Å². The Morgan fingerprint density at radius 2 is 1.27 bits per heavy atom. The Bertz CT molecular complexity index is 623. The molecule has 0 heterocycles. The zero-order valence-corrected chi connectivity index (χ0v) is 19.3. The highest BCUT2D eigenvalue weighted by atomic mass is 28.4. The van der Waals surface area contributed by atoms with Crippen LogP contribution < -0.4 is 0 Å². The second-order valence-corrected chi connectivity index (χ2v) is 19.1. The number of hydrogen-bond acceptors (Lipinski definition) is 4. The summed E-state index contributed by atoms with van der Waals surface area (Å²) in [6.07, 6.45) is 2.17. The minimum atomic E-state index is -1.63. The second kappa shape index (κ2) is 8.82. The van der Waals surface area contributed by atoms with Crippen LogP contribution in [0.2, 0.25) is 39.3 Å². The predicted octanol–water partition coefficient (Wildman–Crippen LogP) is 4.41. The molecule has 0 bridgehead atoms. The van der Waals surface area contributed by atoms with Gasteiger partial charge in [0.25, 0.3) is 0 Å². The Morgan fingerprint density at radius 3 is 1.62 bits per heavy atom. The van der Waals surface area contributed by atoms with Crippen LogP contribution in [0.15, 0.2) is 41.2 Å². The van der Waals surface area contributed by atoms with E-state index in [1.807, 2.05) is 30.3 Å². The maximum atomic E-state index is 12.5. The molecule has 0 aliphatic heterocycles. The van der Waals surface area contributed by atoms with E-state index in [0.717, 1.165) is 5.56 Å². The van der Waals surface area contributed by atoms with Crippen LogP contribution in [0.25, 0.3) is 0 Å². The Kier molecular flexibility index (Phi) is 7.59. The van der Waals surface area contributed by atoms with E-state index < -0.39 is 39.9 Å². The summed E-state index contributed by atoms with van der Waals surface area (Å²) >= 11 is 0. The van der Waals surface area contributed by atoms with Gasteiger partial charge in [0.2, 0.25) is 0 Å². The minimum Gasteiger partial charge on any atom is -0.468 e. The third-order valence-corrected chi connectivity index (χ3v) is 12.5. The molecule has 0 saturated heterocycles. The largest absolute Gasteiger partial charge is 0.468 e. The highest BCUT2D eigenvalue weighted by Gasteiger charge is 2.39. The van der Waals surface area contributed by atoms with Gasteiger partial charge in [-0.25, -0.2) is 0 Å². The lowest BCUT2D eigenvalue weighted by Gasteiger charge is -2.34. The summed E-state index contributed by atoms with van der Waals surface area (Å²) in [6.45, 7) is 13.9. The van der Waals surface area contributed by atoms with Crippen LogP contribution in [0.3, 0.4) is 0 Å². The fourth-order valence-electron chi connectivity index (χ4n) is 3.51. The molecular formula is C20H32O4Si2. The summed E-state index contributed by atoms with van der Waals surface area (Å²) < 4.78 is 9.89. The third kappa shape index (κ3) is 5.67. The van der Waals surface area contributed by atoms with E-state index in [4.69, 9.17) is 9.47 Å². The van der Waals surface area contributed by atoms with Gasteiger partial charge < -0.3 is 9.47 Å². The maximum absolute atomic E-state index is 12.5. The standard InChI is InChI=1S/C20H32O4Si2/c1-23-19(21)18(20(22)24-2)16(15-12-10-9-11-13-15)14-17(25(3,4)5)26(6,7)8/h9-14,16,18H,1-8H3/t16-/m1/s1. The average molecular weight is 393 g/mol. The zero-order chi connectivity index (χ0) is 20.1. The second-order valence-electron chi connectivity index (χ2n) is 8.54. The van der Waals surface area contributed by atoms with Crippen LogP contribution in [0, 0.1) is 5.92 Å². The lowest BCUT2D eigenvalue weighted by molar-refractivity contribution is -0.159. The number of rotatable bonds is 7. The highest BCUT2D eigenvalue weighted by Crippen LogP contribution is 2.34.